The van der Waals surface area contributed by atoms with Crippen molar-refractivity contribution >= 4 is 16.3 Å². The first kappa shape index (κ1) is 12.1. The van der Waals surface area contributed by atoms with Crippen LogP contribution in [0.1, 0.15) is 25.0 Å². The van der Waals surface area contributed by atoms with E-state index in [1.807, 2.05) is 0 Å². The normalized spacial score (nSPS) is 20.9. The molecule has 1 N–H and O–H groups in total. The number of hydrogen-bond donors (Lipinski definition) is 1. The van der Waals surface area contributed by atoms with E-state index in [0.717, 1.165) is 18.1 Å². The third-order valence-electron chi connectivity index (χ3n) is 3.52. The number of nitrogens with one attached hydrogen (secondary N) is 1. The maximum Gasteiger partial charge on any atom is 0.193 e. The minimum Gasteiger partial charge on any atom is -0.313 e. The van der Waals surface area contributed by atoms with Crippen LogP contribution in [0.15, 0.2) is 17.8 Å². The van der Waals surface area contributed by atoms with E-state index < -0.39 is 0 Å². The largest absolute Gasteiger partial charge is 0.313 e. The second-order valence-corrected chi connectivity index (χ2v) is 6.04. The number of piperidine rings is 1. The Labute approximate surface area is 112 Å². The molecule has 1 fully saturated rings. The Hall–Kier alpha value is -0.910. The van der Waals surface area contributed by atoms with Gasteiger partial charge in [0.05, 0.1) is 5.69 Å². The molecule has 5 heteroatoms. The highest BCUT2D eigenvalue weighted by molar-refractivity contribution is 7.15. The monoisotopic (exact) mass is 264 g/mol. The van der Waals surface area contributed by atoms with Crippen LogP contribution in [0.3, 0.4) is 0 Å². The van der Waals surface area contributed by atoms with Crippen molar-refractivity contribution in [1.82, 2.24) is 19.6 Å². The molecule has 4 nitrogen and oxygen atoms in total. The average Bonchev–Trinajstić information content (AvgIpc) is 2.90. The summed E-state index contributed by atoms with van der Waals surface area (Å²) in [5.41, 5.74) is 1.17. The third-order valence-corrected chi connectivity index (χ3v) is 4.29. The molecule has 1 saturated heterocycles. The standard InChI is InChI=1S/C13H20N4S/c1-16(8-11-4-2-3-5-14-11)9-12-10-17-6-7-18-13(17)15-12/h6-7,10-11,14H,2-5,8-9H2,1H3. The number of imidazole rings is 1. The van der Waals surface area contributed by atoms with E-state index in [0.29, 0.717) is 6.04 Å². The highest BCUT2D eigenvalue weighted by Gasteiger charge is 2.15. The average molecular weight is 264 g/mol. The Bertz CT molecular complexity index is 469. The fourth-order valence-electron chi connectivity index (χ4n) is 2.65. The van der Waals surface area contributed by atoms with Crippen LogP contribution < -0.4 is 5.32 Å². The molecule has 1 unspecified atom stereocenters. The van der Waals surface area contributed by atoms with Gasteiger partial charge in [0.2, 0.25) is 0 Å². The first-order valence-corrected chi connectivity index (χ1v) is 7.52. The first-order valence-electron chi connectivity index (χ1n) is 6.64. The Balaban J connectivity index is 1.56. The van der Waals surface area contributed by atoms with Crippen LogP contribution in [-0.4, -0.2) is 40.5 Å². The zero-order valence-electron chi connectivity index (χ0n) is 10.8. The number of nitrogens with zero attached hydrogens (tertiary/aromatic N) is 3. The Morgan fingerprint density at radius 2 is 2.50 bits per heavy atom. The predicted molar refractivity (Wildman–Crippen MR) is 75.0 cm³/mol. The van der Waals surface area contributed by atoms with Gasteiger partial charge in [0.25, 0.3) is 0 Å². The quantitative estimate of drug-likeness (QED) is 0.916. The molecular formula is C13H20N4S. The van der Waals surface area contributed by atoms with Gasteiger partial charge in [-0.15, -0.1) is 11.3 Å². The van der Waals surface area contributed by atoms with E-state index in [-0.39, 0.29) is 0 Å². The van der Waals surface area contributed by atoms with Crippen molar-refractivity contribution in [2.45, 2.75) is 31.8 Å². The summed E-state index contributed by atoms with van der Waals surface area (Å²) in [7, 11) is 2.18. The Morgan fingerprint density at radius 3 is 3.28 bits per heavy atom. The first-order chi connectivity index (χ1) is 8.81. The minimum atomic E-state index is 0.660. The zero-order chi connectivity index (χ0) is 12.4. The number of thiazole rings is 1. The fourth-order valence-corrected chi connectivity index (χ4v) is 3.37. The summed E-state index contributed by atoms with van der Waals surface area (Å²) < 4.78 is 2.10. The predicted octanol–water partition coefficient (Wildman–Crippen LogP) is 1.97. The van der Waals surface area contributed by atoms with Gasteiger partial charge in [-0.1, -0.05) is 6.42 Å². The fraction of sp³-hybridized carbons (Fsp3) is 0.615. The maximum absolute atomic E-state index is 4.63. The van der Waals surface area contributed by atoms with Crippen molar-refractivity contribution in [3.8, 4) is 0 Å². The van der Waals surface area contributed by atoms with Crippen LogP contribution in [0.5, 0.6) is 0 Å². The van der Waals surface area contributed by atoms with E-state index in [4.69, 9.17) is 0 Å². The number of fused-ring (bicyclic) bond motifs is 1. The van der Waals surface area contributed by atoms with E-state index in [1.165, 1.54) is 31.5 Å². The molecule has 0 aliphatic carbocycles. The molecule has 0 aromatic carbocycles. The topological polar surface area (TPSA) is 32.6 Å². The van der Waals surface area contributed by atoms with E-state index >= 15 is 0 Å². The van der Waals surface area contributed by atoms with Crippen LogP contribution in [-0.2, 0) is 6.54 Å². The van der Waals surface area contributed by atoms with Gasteiger partial charge < -0.3 is 5.32 Å². The molecule has 0 radical (unpaired) electrons. The summed E-state index contributed by atoms with van der Waals surface area (Å²) in [4.78, 5) is 8.09. The smallest absolute Gasteiger partial charge is 0.193 e. The molecule has 1 aliphatic heterocycles. The molecule has 3 heterocycles. The van der Waals surface area contributed by atoms with Crippen molar-refractivity contribution in [3.63, 3.8) is 0 Å². The molecule has 0 amide bonds. The summed E-state index contributed by atoms with van der Waals surface area (Å²) in [5, 5.41) is 5.66. The molecule has 2 aromatic heterocycles. The number of aromatic nitrogens is 2. The minimum absolute atomic E-state index is 0.660. The van der Waals surface area contributed by atoms with Gasteiger partial charge in [-0.05, 0) is 26.4 Å². The van der Waals surface area contributed by atoms with Gasteiger partial charge in [0.15, 0.2) is 4.96 Å². The Morgan fingerprint density at radius 1 is 1.56 bits per heavy atom. The van der Waals surface area contributed by atoms with Gasteiger partial charge in [0.1, 0.15) is 0 Å². The zero-order valence-corrected chi connectivity index (χ0v) is 11.6. The van der Waals surface area contributed by atoms with Crippen LogP contribution in [0.2, 0.25) is 0 Å². The van der Waals surface area contributed by atoms with Crippen molar-refractivity contribution in [1.29, 1.82) is 0 Å². The van der Waals surface area contributed by atoms with E-state index in [2.05, 4.69) is 44.4 Å². The van der Waals surface area contributed by atoms with Gasteiger partial charge in [-0.3, -0.25) is 9.30 Å². The Kier molecular flexibility index (Phi) is 3.63. The summed E-state index contributed by atoms with van der Waals surface area (Å²) in [5.74, 6) is 0. The van der Waals surface area contributed by atoms with Crippen molar-refractivity contribution in [2.75, 3.05) is 20.1 Å². The maximum atomic E-state index is 4.63. The lowest BCUT2D eigenvalue weighted by Crippen LogP contribution is -2.42. The van der Waals surface area contributed by atoms with Gasteiger partial charge in [0, 0.05) is 36.9 Å². The molecule has 2 aromatic rings. The lowest BCUT2D eigenvalue weighted by atomic mass is 10.0. The molecule has 1 atom stereocenters. The molecule has 98 valence electrons. The summed E-state index contributed by atoms with van der Waals surface area (Å²) in [6, 6.07) is 0.660. The molecule has 18 heavy (non-hydrogen) atoms. The van der Waals surface area contributed by atoms with Crippen LogP contribution in [0.4, 0.5) is 0 Å². The third kappa shape index (κ3) is 2.74. The lowest BCUT2D eigenvalue weighted by Gasteiger charge is -2.27. The summed E-state index contributed by atoms with van der Waals surface area (Å²) >= 11 is 1.69. The van der Waals surface area contributed by atoms with Crippen molar-refractivity contribution in [2.24, 2.45) is 0 Å². The molecular weight excluding hydrogens is 244 g/mol. The van der Waals surface area contributed by atoms with Crippen LogP contribution in [0, 0.1) is 0 Å². The van der Waals surface area contributed by atoms with Gasteiger partial charge >= 0.3 is 0 Å². The van der Waals surface area contributed by atoms with Crippen LogP contribution in [0.25, 0.3) is 4.96 Å². The molecule has 0 bridgehead atoms. The SMILES string of the molecule is CN(Cc1cn2ccsc2n1)CC1CCCCN1. The highest BCUT2D eigenvalue weighted by Crippen LogP contribution is 2.13. The number of hydrogen-bond acceptors (Lipinski definition) is 4. The molecule has 1 aliphatic rings. The second kappa shape index (κ2) is 5.38. The molecule has 0 spiro atoms. The molecule has 3 rings (SSSR count). The summed E-state index contributed by atoms with van der Waals surface area (Å²) in [6.45, 7) is 3.23. The van der Waals surface area contributed by atoms with E-state index in [9.17, 15) is 0 Å². The molecule has 0 saturated carbocycles. The van der Waals surface area contributed by atoms with Crippen molar-refractivity contribution < 1.29 is 0 Å². The second-order valence-electron chi connectivity index (χ2n) is 5.17. The highest BCUT2D eigenvalue weighted by atomic mass is 32.1. The van der Waals surface area contributed by atoms with E-state index in [1.54, 1.807) is 11.3 Å². The number of likely N-dealkylation sites (N-methyl/N-ethyl adjacent to an activating group) is 1. The lowest BCUT2D eigenvalue weighted by molar-refractivity contribution is 0.255. The van der Waals surface area contributed by atoms with Gasteiger partial charge in [-0.2, -0.15) is 0 Å². The van der Waals surface area contributed by atoms with Crippen molar-refractivity contribution in [3.05, 3.63) is 23.5 Å². The number of rotatable bonds is 4. The van der Waals surface area contributed by atoms with Gasteiger partial charge in [-0.25, -0.2) is 4.98 Å². The summed E-state index contributed by atoms with van der Waals surface area (Å²) in [6.07, 6.45) is 8.21. The van der Waals surface area contributed by atoms with Crippen LogP contribution >= 0.6 is 11.3 Å².